The summed E-state index contributed by atoms with van der Waals surface area (Å²) >= 11 is 1.32. The fourth-order valence-electron chi connectivity index (χ4n) is 5.37. The Bertz CT molecular complexity index is 2000. The molecule has 1 aliphatic heterocycles. The minimum Gasteiger partial charge on any atom is -0.494 e. The van der Waals surface area contributed by atoms with Gasteiger partial charge in [0.05, 0.1) is 40.2 Å². The van der Waals surface area contributed by atoms with Crippen LogP contribution in [0.2, 0.25) is 0 Å². The highest BCUT2D eigenvalue weighted by atomic mass is 32.1. The first-order valence-corrected chi connectivity index (χ1v) is 14.8. The minimum absolute atomic E-state index is 0.218. The lowest BCUT2D eigenvalue weighted by Crippen LogP contribution is -2.40. The molecule has 0 saturated carbocycles. The SMILES string of the molecule is CCOc1ccc([C@H]2C(C(=O)OC(C)C)=C(C)N=c3s/c(=C/c4c(-c5ccccc5)[nH]c5ccccc45)c(=O)n32)cc1. The Morgan fingerprint density at radius 3 is 2.48 bits per heavy atom. The van der Waals surface area contributed by atoms with Gasteiger partial charge < -0.3 is 14.5 Å². The Balaban J connectivity index is 1.57. The number of nitrogens with one attached hydrogen (secondary N) is 1. The maximum absolute atomic E-state index is 14.2. The number of carbonyl (C=O) groups is 1. The number of thiazole rings is 1. The van der Waals surface area contributed by atoms with E-state index in [0.717, 1.165) is 33.3 Å². The van der Waals surface area contributed by atoms with Crippen LogP contribution >= 0.6 is 11.3 Å². The lowest BCUT2D eigenvalue weighted by atomic mass is 9.96. The van der Waals surface area contributed by atoms with E-state index in [4.69, 9.17) is 14.5 Å². The molecule has 6 rings (SSSR count). The van der Waals surface area contributed by atoms with Crippen molar-refractivity contribution in [2.45, 2.75) is 39.8 Å². The molecule has 0 unspecified atom stereocenters. The number of H-pyrrole nitrogens is 1. The predicted octanol–water partition coefficient (Wildman–Crippen LogP) is 5.73. The standard InChI is InChI=1S/C34H31N3O4S/c1-5-40-24-17-15-23(16-18-24)31-29(33(39)41-20(2)3)21(4)35-34-37(31)32(38)28(42-34)19-26-25-13-9-10-14-27(25)36-30(26)22-11-7-6-8-12-22/h6-20,31,36H,5H2,1-4H3/b28-19+/t31-/m0/s1. The van der Waals surface area contributed by atoms with E-state index in [1.165, 1.54) is 11.3 Å². The van der Waals surface area contributed by atoms with Gasteiger partial charge in [-0.15, -0.1) is 0 Å². The summed E-state index contributed by atoms with van der Waals surface area (Å²) in [6.45, 7) is 7.87. The van der Waals surface area contributed by atoms with Crippen LogP contribution in [0.15, 0.2) is 99.9 Å². The molecule has 1 aliphatic rings. The molecule has 3 heterocycles. The Hall–Kier alpha value is -4.69. The smallest absolute Gasteiger partial charge is 0.338 e. The number of benzene rings is 3. The second kappa shape index (κ2) is 11.3. The second-order valence-corrected chi connectivity index (χ2v) is 11.4. The van der Waals surface area contributed by atoms with Crippen molar-refractivity contribution in [3.8, 4) is 17.0 Å². The molecule has 7 nitrogen and oxygen atoms in total. The van der Waals surface area contributed by atoms with Crippen molar-refractivity contribution in [1.29, 1.82) is 0 Å². The molecule has 212 valence electrons. The maximum atomic E-state index is 14.2. The van der Waals surface area contributed by atoms with E-state index in [1.807, 2.05) is 91.9 Å². The zero-order valence-electron chi connectivity index (χ0n) is 23.9. The molecule has 0 radical (unpaired) electrons. The van der Waals surface area contributed by atoms with Crippen LogP contribution in [0.4, 0.5) is 0 Å². The number of nitrogens with zero attached hydrogens (tertiary/aromatic N) is 2. The highest BCUT2D eigenvalue weighted by molar-refractivity contribution is 7.07. The Morgan fingerprint density at radius 2 is 1.76 bits per heavy atom. The van der Waals surface area contributed by atoms with Crippen LogP contribution in [0.1, 0.15) is 44.9 Å². The maximum Gasteiger partial charge on any atom is 0.338 e. The molecule has 42 heavy (non-hydrogen) atoms. The number of ether oxygens (including phenoxy) is 2. The highest BCUT2D eigenvalue weighted by Gasteiger charge is 2.34. The van der Waals surface area contributed by atoms with Crippen LogP contribution in [-0.2, 0) is 9.53 Å². The van der Waals surface area contributed by atoms with Gasteiger partial charge >= 0.3 is 5.97 Å². The molecule has 0 aliphatic carbocycles. The summed E-state index contributed by atoms with van der Waals surface area (Å²) in [6, 6.07) is 24.9. The van der Waals surface area contributed by atoms with Crippen molar-refractivity contribution in [3.05, 3.63) is 121 Å². The molecule has 5 aromatic rings. The Labute approximate surface area is 247 Å². The van der Waals surface area contributed by atoms with Crippen molar-refractivity contribution in [1.82, 2.24) is 9.55 Å². The van der Waals surface area contributed by atoms with Crippen LogP contribution in [0.5, 0.6) is 5.75 Å². The first kappa shape index (κ1) is 27.5. The minimum atomic E-state index is -0.693. The molecular weight excluding hydrogens is 546 g/mol. The van der Waals surface area contributed by atoms with Crippen molar-refractivity contribution in [3.63, 3.8) is 0 Å². The van der Waals surface area contributed by atoms with E-state index in [0.29, 0.717) is 33.0 Å². The fourth-order valence-corrected chi connectivity index (χ4v) is 6.39. The van der Waals surface area contributed by atoms with E-state index < -0.39 is 12.0 Å². The molecule has 1 atom stereocenters. The molecule has 2 aromatic heterocycles. The van der Waals surface area contributed by atoms with Crippen LogP contribution < -0.4 is 19.6 Å². The van der Waals surface area contributed by atoms with Gasteiger partial charge in [0.15, 0.2) is 4.80 Å². The van der Waals surface area contributed by atoms with Gasteiger partial charge in [0, 0.05) is 16.5 Å². The van der Waals surface area contributed by atoms with Gasteiger partial charge in [0.1, 0.15) is 5.75 Å². The quantitative estimate of drug-likeness (QED) is 0.250. The molecule has 3 aromatic carbocycles. The third kappa shape index (κ3) is 4.99. The average molecular weight is 578 g/mol. The lowest BCUT2D eigenvalue weighted by Gasteiger charge is -2.25. The van der Waals surface area contributed by atoms with Crippen LogP contribution in [0, 0.1) is 0 Å². The number of aromatic nitrogens is 2. The third-order valence-electron chi connectivity index (χ3n) is 7.18. The van der Waals surface area contributed by atoms with Crippen molar-refractivity contribution in [2.24, 2.45) is 4.99 Å². The molecule has 0 amide bonds. The largest absolute Gasteiger partial charge is 0.494 e. The summed E-state index contributed by atoms with van der Waals surface area (Å²) < 4.78 is 13.4. The normalized spacial score (nSPS) is 15.2. The van der Waals surface area contributed by atoms with E-state index in [1.54, 1.807) is 25.3 Å². The number of allylic oxidation sites excluding steroid dienone is 1. The van der Waals surface area contributed by atoms with Gasteiger partial charge in [-0.25, -0.2) is 9.79 Å². The number of carbonyl (C=O) groups excluding carboxylic acids is 1. The Kier molecular flexibility index (Phi) is 7.39. The van der Waals surface area contributed by atoms with Crippen LogP contribution in [0.25, 0.3) is 28.2 Å². The first-order valence-electron chi connectivity index (χ1n) is 14.0. The molecule has 0 fully saturated rings. The number of hydrogen-bond acceptors (Lipinski definition) is 6. The summed E-state index contributed by atoms with van der Waals surface area (Å²) in [5.41, 5.74) is 5.30. The molecular formula is C34H31N3O4S. The monoisotopic (exact) mass is 577 g/mol. The van der Waals surface area contributed by atoms with Gasteiger partial charge in [-0.1, -0.05) is 72.0 Å². The van der Waals surface area contributed by atoms with Crippen molar-refractivity contribution >= 4 is 34.3 Å². The van der Waals surface area contributed by atoms with Crippen molar-refractivity contribution in [2.75, 3.05) is 6.61 Å². The van der Waals surface area contributed by atoms with Gasteiger partial charge in [0.25, 0.3) is 5.56 Å². The van der Waals surface area contributed by atoms with Crippen LogP contribution in [0.3, 0.4) is 0 Å². The van der Waals surface area contributed by atoms with E-state index in [-0.39, 0.29) is 11.7 Å². The summed E-state index contributed by atoms with van der Waals surface area (Å²) in [5.74, 6) is 0.232. The first-order chi connectivity index (χ1) is 20.4. The number of aromatic amines is 1. The summed E-state index contributed by atoms with van der Waals surface area (Å²) in [6.07, 6.45) is 1.62. The van der Waals surface area contributed by atoms with E-state index >= 15 is 0 Å². The number of hydrogen-bond donors (Lipinski definition) is 1. The number of esters is 1. The van der Waals surface area contributed by atoms with E-state index in [9.17, 15) is 9.59 Å². The van der Waals surface area contributed by atoms with Gasteiger partial charge in [-0.3, -0.25) is 9.36 Å². The summed E-state index contributed by atoms with van der Waals surface area (Å²) in [4.78, 5) is 36.5. The van der Waals surface area contributed by atoms with Gasteiger partial charge in [-0.05, 0) is 63.1 Å². The summed E-state index contributed by atoms with van der Waals surface area (Å²) in [5, 5.41) is 1.02. The van der Waals surface area contributed by atoms with E-state index in [2.05, 4.69) is 4.98 Å². The molecule has 0 bridgehead atoms. The third-order valence-corrected chi connectivity index (χ3v) is 8.16. The van der Waals surface area contributed by atoms with Gasteiger partial charge in [-0.2, -0.15) is 0 Å². The number of para-hydroxylation sites is 1. The molecule has 1 N–H and O–H groups in total. The van der Waals surface area contributed by atoms with Crippen molar-refractivity contribution < 1.29 is 14.3 Å². The molecule has 0 saturated heterocycles. The second-order valence-electron chi connectivity index (χ2n) is 10.4. The fraction of sp³-hybridized carbons (Fsp3) is 0.206. The summed E-state index contributed by atoms with van der Waals surface area (Å²) in [7, 11) is 0. The Morgan fingerprint density at radius 1 is 1.05 bits per heavy atom. The highest BCUT2D eigenvalue weighted by Crippen LogP contribution is 2.33. The number of rotatable bonds is 7. The lowest BCUT2D eigenvalue weighted by molar-refractivity contribution is -0.143. The zero-order chi connectivity index (χ0) is 29.4. The molecule has 0 spiro atoms. The van der Waals surface area contributed by atoms with Crippen LogP contribution in [-0.4, -0.2) is 28.2 Å². The van der Waals surface area contributed by atoms with Gasteiger partial charge in [0.2, 0.25) is 0 Å². The topological polar surface area (TPSA) is 85.7 Å². The zero-order valence-corrected chi connectivity index (χ0v) is 24.7. The predicted molar refractivity (Wildman–Crippen MR) is 166 cm³/mol. The number of fused-ring (bicyclic) bond motifs is 2. The average Bonchev–Trinajstić information content (AvgIpc) is 3.50. The molecule has 8 heteroatoms.